The molecule has 0 saturated carbocycles. The fourth-order valence-electron chi connectivity index (χ4n) is 3.16. The molecule has 4 rings (SSSR count). The van der Waals surface area contributed by atoms with Crippen molar-refractivity contribution in [3.05, 3.63) is 108 Å². The number of phenolic OH excluding ortho intramolecular Hbond substituents is 2. The van der Waals surface area contributed by atoms with Crippen LogP contribution in [0.1, 0.15) is 11.1 Å². The monoisotopic (exact) mass is 556 g/mol. The van der Waals surface area contributed by atoms with Crippen molar-refractivity contribution in [1.29, 1.82) is 0 Å². The summed E-state index contributed by atoms with van der Waals surface area (Å²) >= 11 is 0.587. The van der Waals surface area contributed by atoms with Crippen LogP contribution in [-0.4, -0.2) is 36.5 Å². The van der Waals surface area contributed by atoms with Crippen molar-refractivity contribution in [2.24, 2.45) is 0 Å². The van der Waals surface area contributed by atoms with Crippen molar-refractivity contribution in [1.82, 2.24) is 0 Å². The summed E-state index contributed by atoms with van der Waals surface area (Å²) < 4.78 is 2.65. The van der Waals surface area contributed by atoms with E-state index in [4.69, 9.17) is 0 Å². The summed E-state index contributed by atoms with van der Waals surface area (Å²) in [6.07, 6.45) is 0. The van der Waals surface area contributed by atoms with Crippen molar-refractivity contribution in [3.8, 4) is 11.5 Å². The Hall–Kier alpha value is -2.88. The number of anilines is 2. The standard InChI is InChI=1S/C26H24N2O2Se2/c29-23-13-5-1-9-19(23)17-27-21-11-3-7-15-25(21)31-32-26-16-8-4-12-22(26)28-18-20-10-2-6-14-24(20)30/h1-16,27-30H,17-18H2. The van der Waals surface area contributed by atoms with Gasteiger partial charge in [0.25, 0.3) is 0 Å². The Labute approximate surface area is 199 Å². The molecule has 32 heavy (non-hydrogen) atoms. The topological polar surface area (TPSA) is 64.5 Å². The van der Waals surface area contributed by atoms with E-state index in [0.717, 1.165) is 22.5 Å². The quantitative estimate of drug-likeness (QED) is 0.239. The van der Waals surface area contributed by atoms with Gasteiger partial charge in [-0.1, -0.05) is 0 Å². The van der Waals surface area contributed by atoms with E-state index in [2.05, 4.69) is 47.0 Å². The summed E-state index contributed by atoms with van der Waals surface area (Å²) in [5, 5.41) is 27.1. The van der Waals surface area contributed by atoms with E-state index < -0.39 is 0 Å². The molecule has 6 heteroatoms. The molecule has 4 nitrogen and oxygen atoms in total. The molecule has 0 heterocycles. The van der Waals surface area contributed by atoms with Gasteiger partial charge in [-0.2, -0.15) is 0 Å². The minimum atomic E-state index is 0.294. The van der Waals surface area contributed by atoms with Gasteiger partial charge in [-0.05, 0) is 0 Å². The molecule has 0 atom stereocenters. The third kappa shape index (κ3) is 5.87. The van der Waals surface area contributed by atoms with Crippen LogP contribution >= 0.6 is 0 Å². The average Bonchev–Trinajstić information content (AvgIpc) is 2.83. The molecule has 0 aromatic heterocycles. The van der Waals surface area contributed by atoms with E-state index in [0.29, 0.717) is 50.9 Å². The number of phenols is 2. The zero-order chi connectivity index (χ0) is 22.2. The predicted molar refractivity (Wildman–Crippen MR) is 135 cm³/mol. The molecule has 0 unspecified atom stereocenters. The van der Waals surface area contributed by atoms with Gasteiger partial charge in [0.15, 0.2) is 0 Å². The van der Waals surface area contributed by atoms with Crippen LogP contribution in [0.2, 0.25) is 0 Å². The second kappa shape index (κ2) is 11.1. The maximum absolute atomic E-state index is 10.0. The van der Waals surface area contributed by atoms with Gasteiger partial charge in [0, 0.05) is 0 Å². The van der Waals surface area contributed by atoms with Gasteiger partial charge in [-0.3, -0.25) is 0 Å². The Kier molecular flexibility index (Phi) is 7.76. The zero-order valence-electron chi connectivity index (χ0n) is 17.4. The molecule has 162 valence electrons. The number of hydrogen-bond donors (Lipinski definition) is 4. The van der Waals surface area contributed by atoms with E-state index in [1.165, 1.54) is 8.92 Å². The van der Waals surface area contributed by atoms with Crippen molar-refractivity contribution < 1.29 is 10.2 Å². The van der Waals surface area contributed by atoms with Crippen LogP contribution in [0.15, 0.2) is 97.1 Å². The SMILES string of the molecule is Oc1ccccc1CNc1ccccc1[Se][Se]c1ccccc1NCc1ccccc1O. The van der Waals surface area contributed by atoms with Crippen molar-refractivity contribution >= 4 is 46.6 Å². The minimum absolute atomic E-state index is 0.294. The Balaban J connectivity index is 1.42. The zero-order valence-corrected chi connectivity index (χ0v) is 20.8. The summed E-state index contributed by atoms with van der Waals surface area (Å²) in [4.78, 5) is 0. The number of para-hydroxylation sites is 4. The Bertz CT molecular complexity index is 1090. The van der Waals surface area contributed by atoms with Crippen molar-refractivity contribution in [2.75, 3.05) is 10.6 Å². The molecule has 0 aliphatic rings. The average molecular weight is 554 g/mol. The molecule has 4 aromatic rings. The van der Waals surface area contributed by atoms with Crippen LogP contribution in [0, 0.1) is 0 Å². The van der Waals surface area contributed by atoms with Gasteiger partial charge in [0.1, 0.15) is 0 Å². The van der Waals surface area contributed by atoms with Crippen molar-refractivity contribution in [2.45, 2.75) is 13.1 Å². The first-order valence-electron chi connectivity index (χ1n) is 10.2. The van der Waals surface area contributed by atoms with Crippen LogP contribution in [-0.2, 0) is 13.1 Å². The fraction of sp³-hybridized carbons (Fsp3) is 0.0769. The van der Waals surface area contributed by atoms with Gasteiger partial charge in [0.2, 0.25) is 0 Å². The van der Waals surface area contributed by atoms with E-state index in [9.17, 15) is 10.2 Å². The number of hydrogen-bond acceptors (Lipinski definition) is 4. The number of aromatic hydroxyl groups is 2. The fourth-order valence-corrected chi connectivity index (χ4v) is 10.2. The van der Waals surface area contributed by atoms with Gasteiger partial charge in [0.05, 0.1) is 0 Å². The maximum atomic E-state index is 10.0. The molecule has 4 aromatic carbocycles. The number of benzene rings is 4. The van der Waals surface area contributed by atoms with Gasteiger partial charge < -0.3 is 0 Å². The molecular weight excluding hydrogens is 530 g/mol. The van der Waals surface area contributed by atoms with Crippen molar-refractivity contribution in [3.63, 3.8) is 0 Å². The first-order valence-corrected chi connectivity index (χ1v) is 16.3. The summed E-state index contributed by atoms with van der Waals surface area (Å²) in [7, 11) is 0. The van der Waals surface area contributed by atoms with Gasteiger partial charge >= 0.3 is 200 Å². The Morgan fingerprint density at radius 3 is 1.31 bits per heavy atom. The van der Waals surface area contributed by atoms with E-state index in [1.54, 1.807) is 12.1 Å². The normalized spacial score (nSPS) is 10.6. The Morgan fingerprint density at radius 2 is 0.875 bits per heavy atom. The second-order valence-electron chi connectivity index (χ2n) is 7.12. The molecule has 0 aliphatic carbocycles. The van der Waals surface area contributed by atoms with Crippen LogP contribution in [0.25, 0.3) is 0 Å². The van der Waals surface area contributed by atoms with Crippen LogP contribution in [0.4, 0.5) is 11.4 Å². The van der Waals surface area contributed by atoms with E-state index in [-0.39, 0.29) is 0 Å². The summed E-state index contributed by atoms with van der Waals surface area (Å²) in [5.41, 5.74) is 4.02. The summed E-state index contributed by atoms with van der Waals surface area (Å²) in [5.74, 6) is 0.633. The van der Waals surface area contributed by atoms with E-state index >= 15 is 0 Å². The molecule has 0 bridgehead atoms. The molecular formula is C26H24N2O2Se2. The Morgan fingerprint density at radius 1 is 0.500 bits per heavy atom. The van der Waals surface area contributed by atoms with Gasteiger partial charge in [-0.15, -0.1) is 0 Å². The number of rotatable bonds is 9. The first kappa shape index (κ1) is 22.3. The molecule has 0 aliphatic heterocycles. The third-order valence-electron chi connectivity index (χ3n) is 4.92. The molecule has 0 radical (unpaired) electrons. The van der Waals surface area contributed by atoms with Crippen LogP contribution in [0.3, 0.4) is 0 Å². The third-order valence-corrected chi connectivity index (χ3v) is 12.2. The molecule has 4 N–H and O–H groups in total. The number of nitrogens with one attached hydrogen (secondary N) is 2. The van der Waals surface area contributed by atoms with E-state index in [1.807, 2.05) is 48.5 Å². The summed E-state index contributed by atoms with van der Waals surface area (Å²) in [6, 6.07) is 31.7. The van der Waals surface area contributed by atoms with Crippen LogP contribution < -0.4 is 19.6 Å². The van der Waals surface area contributed by atoms with Gasteiger partial charge in [-0.25, -0.2) is 0 Å². The molecule has 0 fully saturated rings. The molecule has 0 saturated heterocycles. The summed E-state index contributed by atoms with van der Waals surface area (Å²) in [6.45, 7) is 1.18. The molecule has 0 amide bonds. The molecule has 0 spiro atoms. The predicted octanol–water partition coefficient (Wildman–Crippen LogP) is 3.60. The van der Waals surface area contributed by atoms with Crippen LogP contribution in [0.5, 0.6) is 11.5 Å². The second-order valence-corrected chi connectivity index (χ2v) is 13.3. The first-order chi connectivity index (χ1) is 15.7.